The fourth-order valence-electron chi connectivity index (χ4n) is 2.07. The number of rotatable bonds is 3. The molecule has 1 aromatic rings. The minimum Gasteiger partial charge on any atom is -0.313 e. The Hall–Kier alpha value is -1.19. The topological polar surface area (TPSA) is 40.5 Å². The SMILES string of the molecule is CC(=O)c1ccc(C(C)(C)N(O)C(C)(C)C)cc1. The van der Waals surface area contributed by atoms with Gasteiger partial charge in [-0.05, 0) is 47.1 Å². The zero-order valence-electron chi connectivity index (χ0n) is 12.1. The third-order valence-electron chi connectivity index (χ3n) is 3.16. The van der Waals surface area contributed by atoms with E-state index in [9.17, 15) is 10.0 Å². The molecule has 0 radical (unpaired) electrons. The first-order chi connectivity index (χ1) is 8.06. The average Bonchev–Trinajstić information content (AvgIpc) is 2.27. The average molecular weight is 249 g/mol. The lowest BCUT2D eigenvalue weighted by Gasteiger charge is -2.42. The molecule has 0 saturated carbocycles. The molecule has 0 saturated heterocycles. The lowest BCUT2D eigenvalue weighted by molar-refractivity contribution is -0.222. The third kappa shape index (κ3) is 2.98. The molecule has 0 aliphatic carbocycles. The molecule has 3 nitrogen and oxygen atoms in total. The van der Waals surface area contributed by atoms with E-state index in [0.717, 1.165) is 5.56 Å². The third-order valence-corrected chi connectivity index (χ3v) is 3.16. The summed E-state index contributed by atoms with van der Waals surface area (Å²) in [7, 11) is 0. The van der Waals surface area contributed by atoms with Gasteiger partial charge in [0.1, 0.15) is 0 Å². The van der Waals surface area contributed by atoms with Gasteiger partial charge in [0.05, 0.1) is 5.54 Å². The molecule has 0 bridgehead atoms. The normalized spacial score (nSPS) is 12.9. The molecular formula is C15H23NO2. The van der Waals surface area contributed by atoms with Gasteiger partial charge in [0, 0.05) is 11.1 Å². The number of ketones is 1. The summed E-state index contributed by atoms with van der Waals surface area (Å²) in [5.41, 5.74) is 0.816. The van der Waals surface area contributed by atoms with Crippen LogP contribution in [0.15, 0.2) is 24.3 Å². The molecule has 0 spiro atoms. The standard InChI is InChI=1S/C15H23NO2/c1-11(17)12-7-9-13(10-8-12)15(5,6)16(18)14(2,3)4/h7-10,18H,1-6H3. The van der Waals surface area contributed by atoms with Crippen LogP contribution in [-0.4, -0.2) is 21.6 Å². The zero-order chi connectivity index (χ0) is 14.1. The maximum Gasteiger partial charge on any atom is 0.159 e. The van der Waals surface area contributed by atoms with E-state index in [1.807, 2.05) is 46.8 Å². The van der Waals surface area contributed by atoms with Gasteiger partial charge in [-0.1, -0.05) is 24.3 Å². The van der Waals surface area contributed by atoms with Gasteiger partial charge >= 0.3 is 0 Å². The predicted molar refractivity (Wildman–Crippen MR) is 72.9 cm³/mol. The lowest BCUT2D eigenvalue weighted by Crippen LogP contribution is -2.50. The van der Waals surface area contributed by atoms with Crippen molar-refractivity contribution >= 4 is 5.78 Å². The van der Waals surface area contributed by atoms with Crippen molar-refractivity contribution in [2.24, 2.45) is 0 Å². The first-order valence-electron chi connectivity index (χ1n) is 6.17. The van der Waals surface area contributed by atoms with Gasteiger partial charge in [-0.3, -0.25) is 4.79 Å². The largest absolute Gasteiger partial charge is 0.313 e. The van der Waals surface area contributed by atoms with Gasteiger partial charge < -0.3 is 5.21 Å². The number of hydrogen-bond acceptors (Lipinski definition) is 3. The van der Waals surface area contributed by atoms with E-state index in [-0.39, 0.29) is 11.3 Å². The molecule has 1 rings (SSSR count). The second-order valence-corrected chi connectivity index (χ2v) is 6.18. The van der Waals surface area contributed by atoms with Gasteiger partial charge in [-0.2, -0.15) is 5.06 Å². The second kappa shape index (κ2) is 4.82. The lowest BCUT2D eigenvalue weighted by atomic mass is 9.89. The number of Topliss-reactive ketones (excluding diaryl/α,β-unsaturated/α-hetero) is 1. The monoisotopic (exact) mass is 249 g/mol. The fraction of sp³-hybridized carbons (Fsp3) is 0.533. The molecule has 0 amide bonds. The number of carbonyl (C=O) groups excluding carboxylic acids is 1. The molecule has 0 aliphatic rings. The summed E-state index contributed by atoms with van der Waals surface area (Å²) in [5, 5.41) is 11.7. The first kappa shape index (κ1) is 14.9. The van der Waals surface area contributed by atoms with E-state index in [0.29, 0.717) is 5.56 Å². The van der Waals surface area contributed by atoms with E-state index < -0.39 is 5.54 Å². The van der Waals surface area contributed by atoms with E-state index in [2.05, 4.69) is 0 Å². The van der Waals surface area contributed by atoms with Crippen LogP contribution in [0.5, 0.6) is 0 Å². The maximum atomic E-state index is 11.2. The molecule has 0 aliphatic heterocycles. The first-order valence-corrected chi connectivity index (χ1v) is 6.17. The highest BCUT2D eigenvalue weighted by atomic mass is 16.5. The van der Waals surface area contributed by atoms with Crippen LogP contribution in [0.4, 0.5) is 0 Å². The van der Waals surface area contributed by atoms with Crippen LogP contribution >= 0.6 is 0 Å². The minimum atomic E-state index is -0.506. The van der Waals surface area contributed by atoms with Gasteiger partial charge in [-0.25, -0.2) is 0 Å². The van der Waals surface area contributed by atoms with Crippen LogP contribution in [0.25, 0.3) is 0 Å². The van der Waals surface area contributed by atoms with Crippen molar-refractivity contribution in [2.75, 3.05) is 0 Å². The van der Waals surface area contributed by atoms with Gasteiger partial charge in [-0.15, -0.1) is 0 Å². The Balaban J connectivity index is 3.09. The summed E-state index contributed by atoms with van der Waals surface area (Å²) in [6, 6.07) is 7.39. The Morgan fingerprint density at radius 3 is 1.83 bits per heavy atom. The molecular weight excluding hydrogens is 226 g/mol. The minimum absolute atomic E-state index is 0.0519. The number of benzene rings is 1. The Kier molecular flexibility index (Phi) is 3.99. The van der Waals surface area contributed by atoms with Crippen LogP contribution in [-0.2, 0) is 5.54 Å². The molecule has 0 heterocycles. The molecule has 0 unspecified atom stereocenters. The molecule has 1 N–H and O–H groups in total. The quantitative estimate of drug-likeness (QED) is 0.657. The van der Waals surface area contributed by atoms with Crippen molar-refractivity contribution in [2.45, 2.75) is 52.6 Å². The van der Waals surface area contributed by atoms with E-state index in [4.69, 9.17) is 0 Å². The summed E-state index contributed by atoms with van der Waals surface area (Å²) < 4.78 is 0. The number of carbonyl (C=O) groups is 1. The van der Waals surface area contributed by atoms with E-state index in [1.165, 1.54) is 5.06 Å². The van der Waals surface area contributed by atoms with E-state index in [1.54, 1.807) is 19.1 Å². The van der Waals surface area contributed by atoms with Crippen molar-refractivity contribution in [3.8, 4) is 0 Å². The molecule has 0 aromatic heterocycles. The van der Waals surface area contributed by atoms with Crippen molar-refractivity contribution in [3.05, 3.63) is 35.4 Å². The molecule has 100 valence electrons. The second-order valence-electron chi connectivity index (χ2n) is 6.18. The highest BCUT2D eigenvalue weighted by molar-refractivity contribution is 5.94. The van der Waals surface area contributed by atoms with Crippen molar-refractivity contribution in [3.63, 3.8) is 0 Å². The van der Waals surface area contributed by atoms with Crippen molar-refractivity contribution in [1.82, 2.24) is 5.06 Å². The van der Waals surface area contributed by atoms with Crippen LogP contribution in [0.2, 0.25) is 0 Å². The van der Waals surface area contributed by atoms with E-state index >= 15 is 0 Å². The predicted octanol–water partition coefficient (Wildman–Crippen LogP) is 3.61. The fourth-order valence-corrected chi connectivity index (χ4v) is 2.07. The number of hydroxylamine groups is 2. The molecule has 0 atom stereocenters. The maximum absolute atomic E-state index is 11.2. The van der Waals surface area contributed by atoms with Crippen molar-refractivity contribution < 1.29 is 10.0 Å². The van der Waals surface area contributed by atoms with Crippen LogP contribution < -0.4 is 0 Å². The summed E-state index contributed by atoms with van der Waals surface area (Å²) in [6.45, 7) is 11.3. The zero-order valence-corrected chi connectivity index (χ0v) is 12.1. The van der Waals surface area contributed by atoms with Gasteiger partial charge in [0.25, 0.3) is 0 Å². The van der Waals surface area contributed by atoms with Gasteiger partial charge in [0.2, 0.25) is 0 Å². The van der Waals surface area contributed by atoms with Crippen molar-refractivity contribution in [1.29, 1.82) is 0 Å². The highest BCUT2D eigenvalue weighted by Gasteiger charge is 2.35. The Labute approximate surface area is 109 Å². The highest BCUT2D eigenvalue weighted by Crippen LogP contribution is 2.31. The van der Waals surface area contributed by atoms with Crippen LogP contribution in [0.3, 0.4) is 0 Å². The number of nitrogens with zero attached hydrogens (tertiary/aromatic N) is 1. The van der Waals surface area contributed by atoms with Gasteiger partial charge in [0.15, 0.2) is 5.78 Å². The smallest absolute Gasteiger partial charge is 0.159 e. The molecule has 1 aromatic carbocycles. The molecule has 3 heteroatoms. The Morgan fingerprint density at radius 1 is 1.06 bits per heavy atom. The summed E-state index contributed by atoms with van der Waals surface area (Å²) in [5.74, 6) is 0.0519. The Morgan fingerprint density at radius 2 is 1.50 bits per heavy atom. The van der Waals surface area contributed by atoms with Crippen LogP contribution in [0.1, 0.15) is 57.5 Å². The molecule has 0 fully saturated rings. The Bertz CT molecular complexity index is 427. The summed E-state index contributed by atoms with van der Waals surface area (Å²) in [6.07, 6.45) is 0. The molecule has 18 heavy (non-hydrogen) atoms. The number of hydrogen-bond donors (Lipinski definition) is 1. The van der Waals surface area contributed by atoms with Crippen LogP contribution in [0, 0.1) is 0 Å². The summed E-state index contributed by atoms with van der Waals surface area (Å²) in [4.78, 5) is 11.2. The summed E-state index contributed by atoms with van der Waals surface area (Å²) >= 11 is 0.